The van der Waals surface area contributed by atoms with Crippen molar-refractivity contribution in [3.63, 3.8) is 0 Å². The number of thiophene rings is 1. The SMILES string of the molecule is COc1ccc(CCNC(=O)N2CCN(Cc3cccs3)CC2)cc1OC. The van der Waals surface area contributed by atoms with Crippen LogP contribution >= 0.6 is 11.3 Å². The Morgan fingerprint density at radius 2 is 1.89 bits per heavy atom. The van der Waals surface area contributed by atoms with Crippen molar-refractivity contribution in [2.75, 3.05) is 46.9 Å². The van der Waals surface area contributed by atoms with Gasteiger partial charge in [0.05, 0.1) is 14.2 Å². The average molecular weight is 390 g/mol. The van der Waals surface area contributed by atoms with Crippen LogP contribution < -0.4 is 14.8 Å². The van der Waals surface area contributed by atoms with Crippen LogP contribution in [-0.4, -0.2) is 62.8 Å². The summed E-state index contributed by atoms with van der Waals surface area (Å²) in [5.41, 5.74) is 1.11. The second-order valence-electron chi connectivity index (χ2n) is 6.51. The highest BCUT2D eigenvalue weighted by Gasteiger charge is 2.21. The first-order chi connectivity index (χ1) is 13.2. The zero-order chi connectivity index (χ0) is 19.1. The molecule has 1 aliphatic heterocycles. The number of carbonyl (C=O) groups is 1. The third-order valence-electron chi connectivity index (χ3n) is 4.76. The number of piperazine rings is 1. The molecule has 0 saturated carbocycles. The van der Waals surface area contributed by atoms with Crippen LogP contribution in [0, 0.1) is 0 Å². The Hall–Kier alpha value is -2.25. The van der Waals surface area contributed by atoms with Crippen LogP contribution in [0.4, 0.5) is 4.79 Å². The molecule has 2 heterocycles. The Balaban J connectivity index is 1.40. The molecule has 146 valence electrons. The van der Waals surface area contributed by atoms with Gasteiger partial charge in [-0.3, -0.25) is 4.90 Å². The molecule has 2 amide bonds. The molecule has 1 saturated heterocycles. The first-order valence-corrected chi connectivity index (χ1v) is 10.1. The fraction of sp³-hybridized carbons (Fsp3) is 0.450. The second kappa shape index (κ2) is 9.62. The molecule has 1 aromatic heterocycles. The van der Waals surface area contributed by atoms with E-state index in [4.69, 9.17) is 9.47 Å². The first-order valence-electron chi connectivity index (χ1n) is 9.18. The minimum atomic E-state index is 0.0197. The molecule has 0 unspecified atom stereocenters. The third kappa shape index (κ3) is 5.37. The van der Waals surface area contributed by atoms with Crippen molar-refractivity contribution >= 4 is 17.4 Å². The zero-order valence-electron chi connectivity index (χ0n) is 15.9. The lowest BCUT2D eigenvalue weighted by molar-refractivity contribution is 0.136. The Morgan fingerprint density at radius 3 is 2.56 bits per heavy atom. The molecule has 0 radical (unpaired) electrons. The van der Waals surface area contributed by atoms with E-state index in [-0.39, 0.29) is 6.03 Å². The molecule has 0 atom stereocenters. The summed E-state index contributed by atoms with van der Waals surface area (Å²) < 4.78 is 10.6. The quantitative estimate of drug-likeness (QED) is 0.791. The van der Waals surface area contributed by atoms with Gasteiger partial charge in [0.2, 0.25) is 0 Å². The molecule has 1 aromatic carbocycles. The molecule has 1 N–H and O–H groups in total. The van der Waals surface area contributed by atoms with Crippen LogP contribution in [0.5, 0.6) is 11.5 Å². The molecule has 0 bridgehead atoms. The number of carbonyl (C=O) groups excluding carboxylic acids is 1. The number of methoxy groups -OCH3 is 2. The minimum absolute atomic E-state index is 0.0197. The van der Waals surface area contributed by atoms with E-state index in [1.165, 1.54) is 4.88 Å². The van der Waals surface area contributed by atoms with Gasteiger partial charge in [0, 0.05) is 44.1 Å². The maximum absolute atomic E-state index is 12.4. The van der Waals surface area contributed by atoms with Gasteiger partial charge in [-0.15, -0.1) is 11.3 Å². The molecule has 0 spiro atoms. The summed E-state index contributed by atoms with van der Waals surface area (Å²) in [7, 11) is 3.25. The van der Waals surface area contributed by atoms with E-state index < -0.39 is 0 Å². The van der Waals surface area contributed by atoms with Gasteiger partial charge in [-0.05, 0) is 35.6 Å². The van der Waals surface area contributed by atoms with Crippen LogP contribution in [0.15, 0.2) is 35.7 Å². The van der Waals surface area contributed by atoms with E-state index in [1.807, 2.05) is 23.1 Å². The van der Waals surface area contributed by atoms with Crippen LogP contribution in [-0.2, 0) is 13.0 Å². The van der Waals surface area contributed by atoms with Gasteiger partial charge < -0.3 is 19.7 Å². The van der Waals surface area contributed by atoms with Crippen molar-refractivity contribution in [2.45, 2.75) is 13.0 Å². The van der Waals surface area contributed by atoms with E-state index in [9.17, 15) is 4.79 Å². The van der Waals surface area contributed by atoms with E-state index in [1.54, 1.807) is 25.6 Å². The summed E-state index contributed by atoms with van der Waals surface area (Å²) in [6, 6.07) is 10.1. The number of benzene rings is 1. The number of ether oxygens (including phenoxy) is 2. The largest absolute Gasteiger partial charge is 0.493 e. The summed E-state index contributed by atoms with van der Waals surface area (Å²) in [6.07, 6.45) is 0.754. The van der Waals surface area contributed by atoms with Gasteiger partial charge in [-0.25, -0.2) is 4.79 Å². The van der Waals surface area contributed by atoms with Crippen molar-refractivity contribution in [1.82, 2.24) is 15.1 Å². The van der Waals surface area contributed by atoms with Crippen molar-refractivity contribution < 1.29 is 14.3 Å². The van der Waals surface area contributed by atoms with Gasteiger partial charge >= 0.3 is 6.03 Å². The maximum Gasteiger partial charge on any atom is 0.317 e. The summed E-state index contributed by atoms with van der Waals surface area (Å²) in [5, 5.41) is 5.13. The normalized spacial score (nSPS) is 14.8. The predicted molar refractivity (Wildman–Crippen MR) is 108 cm³/mol. The van der Waals surface area contributed by atoms with Gasteiger partial charge in [-0.1, -0.05) is 12.1 Å². The Kier molecular flexibility index (Phi) is 6.95. The van der Waals surface area contributed by atoms with Gasteiger partial charge in [0.15, 0.2) is 11.5 Å². The first kappa shape index (κ1) is 19.5. The summed E-state index contributed by atoms with van der Waals surface area (Å²) >= 11 is 1.79. The smallest absolute Gasteiger partial charge is 0.317 e. The monoisotopic (exact) mass is 389 g/mol. The number of amides is 2. The van der Waals surface area contributed by atoms with Crippen molar-refractivity contribution in [3.05, 3.63) is 46.2 Å². The van der Waals surface area contributed by atoms with E-state index in [0.717, 1.165) is 44.7 Å². The lowest BCUT2D eigenvalue weighted by Crippen LogP contribution is -2.51. The van der Waals surface area contributed by atoms with Crippen molar-refractivity contribution in [3.8, 4) is 11.5 Å². The summed E-state index contributed by atoms with van der Waals surface area (Å²) in [4.78, 5) is 18.1. The molecular weight excluding hydrogens is 362 g/mol. The van der Waals surface area contributed by atoms with Crippen molar-refractivity contribution in [1.29, 1.82) is 0 Å². The van der Waals surface area contributed by atoms with E-state index in [0.29, 0.717) is 18.0 Å². The van der Waals surface area contributed by atoms with Gasteiger partial charge in [0.25, 0.3) is 0 Å². The molecule has 1 fully saturated rings. The lowest BCUT2D eigenvalue weighted by atomic mass is 10.1. The third-order valence-corrected chi connectivity index (χ3v) is 5.62. The number of hydrogen-bond acceptors (Lipinski definition) is 5. The number of rotatable bonds is 7. The average Bonchev–Trinajstić information content (AvgIpc) is 3.21. The highest BCUT2D eigenvalue weighted by atomic mass is 32.1. The fourth-order valence-corrected chi connectivity index (χ4v) is 3.94. The number of nitrogens with one attached hydrogen (secondary N) is 1. The Bertz CT molecular complexity index is 728. The molecule has 27 heavy (non-hydrogen) atoms. The summed E-state index contributed by atoms with van der Waals surface area (Å²) in [5.74, 6) is 1.42. The molecule has 6 nitrogen and oxygen atoms in total. The standard InChI is InChI=1S/C20H27N3O3S/c1-25-18-6-5-16(14-19(18)26-2)7-8-21-20(24)23-11-9-22(10-12-23)15-17-4-3-13-27-17/h3-6,13-14H,7-12,15H2,1-2H3,(H,21,24). The highest BCUT2D eigenvalue weighted by molar-refractivity contribution is 7.09. The van der Waals surface area contributed by atoms with Crippen molar-refractivity contribution in [2.24, 2.45) is 0 Å². The molecule has 7 heteroatoms. The molecule has 1 aliphatic rings. The van der Waals surface area contributed by atoms with Crippen LogP contribution in [0.2, 0.25) is 0 Å². The van der Waals surface area contributed by atoms with Crippen LogP contribution in [0.25, 0.3) is 0 Å². The number of urea groups is 1. The van der Waals surface area contributed by atoms with Crippen LogP contribution in [0.1, 0.15) is 10.4 Å². The summed E-state index contributed by atoms with van der Waals surface area (Å²) in [6.45, 7) is 4.96. The van der Waals surface area contributed by atoms with Crippen LogP contribution in [0.3, 0.4) is 0 Å². The molecular formula is C20H27N3O3S. The van der Waals surface area contributed by atoms with E-state index in [2.05, 4.69) is 27.7 Å². The number of nitrogens with zero attached hydrogens (tertiary/aromatic N) is 2. The van der Waals surface area contributed by atoms with E-state index >= 15 is 0 Å². The van der Waals surface area contributed by atoms with Gasteiger partial charge in [-0.2, -0.15) is 0 Å². The Morgan fingerprint density at radius 1 is 1.11 bits per heavy atom. The lowest BCUT2D eigenvalue weighted by Gasteiger charge is -2.34. The molecule has 2 aromatic rings. The molecule has 0 aliphatic carbocycles. The van der Waals surface area contributed by atoms with Gasteiger partial charge in [0.1, 0.15) is 0 Å². The number of hydrogen-bond donors (Lipinski definition) is 1. The fourth-order valence-electron chi connectivity index (χ4n) is 3.19. The maximum atomic E-state index is 12.4. The second-order valence-corrected chi connectivity index (χ2v) is 7.55. The zero-order valence-corrected chi connectivity index (χ0v) is 16.8. The Labute approximate surface area is 164 Å². The topological polar surface area (TPSA) is 54.0 Å². The predicted octanol–water partition coefficient (Wildman–Crippen LogP) is 2.84. The molecule has 3 rings (SSSR count). The minimum Gasteiger partial charge on any atom is -0.493 e. The highest BCUT2D eigenvalue weighted by Crippen LogP contribution is 2.27.